The first-order chi connectivity index (χ1) is 9.65. The summed E-state index contributed by atoms with van der Waals surface area (Å²) in [5.41, 5.74) is 6.85. The highest BCUT2D eigenvalue weighted by molar-refractivity contribution is 5.29. The molecule has 0 bridgehead atoms. The number of alkyl halides is 1. The fraction of sp³-hybridized carbons (Fsp3) is 0.750. The quantitative estimate of drug-likeness (QED) is 0.841. The van der Waals surface area contributed by atoms with E-state index in [9.17, 15) is 4.39 Å². The minimum absolute atomic E-state index is 0.351. The van der Waals surface area contributed by atoms with E-state index in [2.05, 4.69) is 30.1 Å². The third kappa shape index (κ3) is 3.68. The molecule has 4 heteroatoms. The maximum atomic E-state index is 12.8. The van der Waals surface area contributed by atoms with Gasteiger partial charge in [-0.25, -0.2) is 4.39 Å². The molecule has 4 atom stereocenters. The van der Waals surface area contributed by atoms with Crippen molar-refractivity contribution in [3.63, 3.8) is 0 Å². The molecule has 0 amide bonds. The average molecular weight is 282 g/mol. The molecule has 20 heavy (non-hydrogen) atoms. The summed E-state index contributed by atoms with van der Waals surface area (Å²) in [6.45, 7) is 4.03. The fourth-order valence-corrected chi connectivity index (χ4v) is 3.31. The summed E-state index contributed by atoms with van der Waals surface area (Å²) < 4.78 is 18.2. The van der Waals surface area contributed by atoms with Gasteiger partial charge in [-0.15, -0.1) is 0 Å². The zero-order chi connectivity index (χ0) is 14.5. The molecule has 0 aromatic rings. The molecular weight excluding hydrogens is 255 g/mol. The lowest BCUT2D eigenvalue weighted by Crippen LogP contribution is -2.39. The Morgan fingerprint density at radius 2 is 2.15 bits per heavy atom. The van der Waals surface area contributed by atoms with E-state index >= 15 is 0 Å². The number of rotatable bonds is 5. The summed E-state index contributed by atoms with van der Waals surface area (Å²) in [6, 6.07) is -0.105. The van der Waals surface area contributed by atoms with Gasteiger partial charge in [-0.2, -0.15) is 0 Å². The van der Waals surface area contributed by atoms with Crippen LogP contribution in [0, 0.1) is 5.92 Å². The first kappa shape index (κ1) is 15.7. The first-order valence-corrected chi connectivity index (χ1v) is 7.64. The zero-order valence-electron chi connectivity index (χ0n) is 12.6. The highest BCUT2D eigenvalue weighted by Gasteiger charge is 2.26. The zero-order valence-corrected chi connectivity index (χ0v) is 12.6. The van der Waals surface area contributed by atoms with Crippen LogP contribution in [0.2, 0.25) is 0 Å². The number of ether oxygens (including phenoxy) is 1. The third-order valence-electron chi connectivity index (χ3n) is 4.36. The molecule has 0 radical (unpaired) electrons. The van der Waals surface area contributed by atoms with Crippen molar-refractivity contribution >= 4 is 0 Å². The normalized spacial score (nSPS) is 30.9. The predicted octanol–water partition coefficient (Wildman–Crippen LogP) is 2.29. The second-order valence-electron chi connectivity index (χ2n) is 6.02. The van der Waals surface area contributed by atoms with Crippen LogP contribution in [0.15, 0.2) is 23.8 Å². The van der Waals surface area contributed by atoms with E-state index in [-0.39, 0.29) is 6.10 Å². The molecule has 4 unspecified atom stereocenters. The van der Waals surface area contributed by atoms with E-state index < -0.39 is 12.7 Å². The van der Waals surface area contributed by atoms with Crippen LogP contribution >= 0.6 is 0 Å². The minimum Gasteiger partial charge on any atom is -0.375 e. The van der Waals surface area contributed by atoms with E-state index in [1.165, 1.54) is 25.9 Å². The Morgan fingerprint density at radius 3 is 2.75 bits per heavy atom. The molecule has 2 rings (SSSR count). The second kappa shape index (κ2) is 7.34. The lowest BCUT2D eigenvalue weighted by atomic mass is 9.98. The Hall–Kier alpha value is -0.710. The van der Waals surface area contributed by atoms with E-state index in [0.29, 0.717) is 12.0 Å². The van der Waals surface area contributed by atoms with Gasteiger partial charge in [0.1, 0.15) is 6.67 Å². The summed E-state index contributed by atoms with van der Waals surface area (Å²) >= 11 is 0. The molecule has 1 heterocycles. The largest absolute Gasteiger partial charge is 0.375 e. The highest BCUT2D eigenvalue weighted by atomic mass is 19.1. The molecule has 3 nitrogen and oxygen atoms in total. The van der Waals surface area contributed by atoms with E-state index in [1.54, 1.807) is 7.11 Å². The molecule has 0 spiro atoms. The molecule has 0 aromatic carbocycles. The Morgan fingerprint density at radius 1 is 1.45 bits per heavy atom. The predicted molar refractivity (Wildman–Crippen MR) is 80.3 cm³/mol. The van der Waals surface area contributed by atoms with E-state index in [1.807, 2.05) is 0 Å². The summed E-state index contributed by atoms with van der Waals surface area (Å²) in [4.78, 5) is 2.54. The van der Waals surface area contributed by atoms with Gasteiger partial charge in [-0.3, -0.25) is 4.90 Å². The van der Waals surface area contributed by atoms with Gasteiger partial charge in [0.05, 0.1) is 12.1 Å². The molecule has 0 aromatic heterocycles. The van der Waals surface area contributed by atoms with Crippen molar-refractivity contribution in [2.45, 2.75) is 44.4 Å². The Labute approximate surface area is 121 Å². The van der Waals surface area contributed by atoms with Crippen LogP contribution in [0.3, 0.4) is 0 Å². The van der Waals surface area contributed by atoms with Gasteiger partial charge >= 0.3 is 0 Å². The van der Waals surface area contributed by atoms with Gasteiger partial charge in [-0.05, 0) is 43.8 Å². The van der Waals surface area contributed by atoms with Gasteiger partial charge in [0.2, 0.25) is 0 Å². The molecule has 2 N–H and O–H groups in total. The molecule has 1 aliphatic carbocycles. The standard InChI is InChI=1S/C16H27FN2O/c1-12-9-13(16(20-2)15(18)11-17)5-6-14(10-12)19-7-3-4-8-19/h5-6,9,12,14-16H,3-4,7-8,10-11,18H2,1-2H3. The van der Waals surface area contributed by atoms with Crippen LogP contribution in [-0.2, 0) is 4.74 Å². The Kier molecular flexibility index (Phi) is 5.75. The van der Waals surface area contributed by atoms with Crippen molar-refractivity contribution in [1.29, 1.82) is 0 Å². The SMILES string of the molecule is COC(C1=CC(C)CC(N2CCCC2)C=C1)C(N)CF. The van der Waals surface area contributed by atoms with Gasteiger partial charge in [0, 0.05) is 13.2 Å². The molecule has 0 saturated carbocycles. The average Bonchev–Trinajstić information content (AvgIpc) is 2.90. The second-order valence-corrected chi connectivity index (χ2v) is 6.02. The van der Waals surface area contributed by atoms with Gasteiger partial charge in [-0.1, -0.05) is 25.2 Å². The lowest BCUT2D eigenvalue weighted by Gasteiger charge is -2.25. The smallest absolute Gasteiger partial charge is 0.107 e. The monoisotopic (exact) mass is 282 g/mol. The summed E-state index contributed by atoms with van der Waals surface area (Å²) in [7, 11) is 1.60. The van der Waals surface area contributed by atoms with Crippen LogP contribution < -0.4 is 5.73 Å². The minimum atomic E-state index is -0.591. The maximum Gasteiger partial charge on any atom is 0.107 e. The number of methoxy groups -OCH3 is 1. The Balaban J connectivity index is 2.11. The van der Waals surface area contributed by atoms with Gasteiger partial charge < -0.3 is 10.5 Å². The van der Waals surface area contributed by atoms with Crippen molar-refractivity contribution in [2.75, 3.05) is 26.9 Å². The number of allylic oxidation sites excluding steroid dienone is 1. The number of nitrogens with zero attached hydrogens (tertiary/aromatic N) is 1. The molecular formula is C16H27FN2O. The third-order valence-corrected chi connectivity index (χ3v) is 4.36. The molecule has 114 valence electrons. The molecule has 1 saturated heterocycles. The van der Waals surface area contributed by atoms with Crippen LogP contribution in [0.5, 0.6) is 0 Å². The van der Waals surface area contributed by atoms with Crippen molar-refractivity contribution in [2.24, 2.45) is 11.7 Å². The van der Waals surface area contributed by atoms with Crippen LogP contribution in [0.4, 0.5) is 4.39 Å². The first-order valence-electron chi connectivity index (χ1n) is 7.64. The van der Waals surface area contributed by atoms with E-state index in [4.69, 9.17) is 10.5 Å². The van der Waals surface area contributed by atoms with Crippen molar-refractivity contribution in [3.05, 3.63) is 23.8 Å². The van der Waals surface area contributed by atoms with Crippen LogP contribution in [0.25, 0.3) is 0 Å². The molecule has 1 aliphatic heterocycles. The number of likely N-dealkylation sites (tertiary alicyclic amines) is 1. The maximum absolute atomic E-state index is 12.8. The number of hydrogen-bond acceptors (Lipinski definition) is 3. The number of hydrogen-bond donors (Lipinski definition) is 1. The molecule has 1 fully saturated rings. The fourth-order valence-electron chi connectivity index (χ4n) is 3.31. The topological polar surface area (TPSA) is 38.5 Å². The van der Waals surface area contributed by atoms with Crippen molar-refractivity contribution in [3.8, 4) is 0 Å². The van der Waals surface area contributed by atoms with Crippen molar-refractivity contribution < 1.29 is 9.13 Å². The summed E-state index contributed by atoms with van der Waals surface area (Å²) in [6.07, 6.45) is 9.89. The van der Waals surface area contributed by atoms with Crippen molar-refractivity contribution in [1.82, 2.24) is 4.90 Å². The number of nitrogens with two attached hydrogens (primary N) is 1. The van der Waals surface area contributed by atoms with Crippen LogP contribution in [0.1, 0.15) is 26.2 Å². The van der Waals surface area contributed by atoms with Gasteiger partial charge in [0.25, 0.3) is 0 Å². The number of halogens is 1. The van der Waals surface area contributed by atoms with Gasteiger partial charge in [0.15, 0.2) is 0 Å². The Bertz CT molecular complexity index is 363. The molecule has 2 aliphatic rings. The summed E-state index contributed by atoms with van der Waals surface area (Å²) in [5.74, 6) is 0.454. The summed E-state index contributed by atoms with van der Waals surface area (Å²) in [5, 5.41) is 0. The highest BCUT2D eigenvalue weighted by Crippen LogP contribution is 2.26. The lowest BCUT2D eigenvalue weighted by molar-refractivity contribution is 0.102. The van der Waals surface area contributed by atoms with Crippen LogP contribution in [-0.4, -0.2) is 50.0 Å². The van der Waals surface area contributed by atoms with E-state index in [0.717, 1.165) is 12.0 Å².